The van der Waals surface area contributed by atoms with E-state index in [4.69, 9.17) is 4.74 Å². The van der Waals surface area contributed by atoms with Gasteiger partial charge in [-0.15, -0.1) is 5.10 Å². The number of para-hydroxylation sites is 2. The van der Waals surface area contributed by atoms with Gasteiger partial charge >= 0.3 is 0 Å². The van der Waals surface area contributed by atoms with Gasteiger partial charge in [-0.3, -0.25) is 9.78 Å². The van der Waals surface area contributed by atoms with Gasteiger partial charge in [0.05, 0.1) is 29.9 Å². The van der Waals surface area contributed by atoms with Crippen molar-refractivity contribution in [1.29, 1.82) is 0 Å². The molecule has 0 bridgehead atoms. The number of hydrogen-bond acceptors (Lipinski definition) is 7. The molecule has 0 aliphatic carbocycles. The van der Waals surface area contributed by atoms with Crippen molar-refractivity contribution in [3.8, 4) is 0 Å². The fraction of sp³-hybridized carbons (Fsp3) is 0.250. The Bertz CT molecular complexity index is 1140. The van der Waals surface area contributed by atoms with Crippen molar-refractivity contribution in [1.82, 2.24) is 29.5 Å². The first-order valence-electron chi connectivity index (χ1n) is 9.21. The van der Waals surface area contributed by atoms with Gasteiger partial charge < -0.3 is 15.0 Å². The molecule has 148 valence electrons. The number of carbonyl (C=O) groups is 1. The predicted molar refractivity (Wildman–Crippen MR) is 109 cm³/mol. The Morgan fingerprint density at radius 3 is 2.79 bits per heavy atom. The Hall–Kier alpha value is -3.59. The van der Waals surface area contributed by atoms with Crippen LogP contribution in [-0.4, -0.2) is 62.7 Å². The third-order valence-corrected chi connectivity index (χ3v) is 4.42. The molecule has 9 heteroatoms. The van der Waals surface area contributed by atoms with Crippen LogP contribution >= 0.6 is 0 Å². The molecule has 1 N–H and O–H groups in total. The summed E-state index contributed by atoms with van der Waals surface area (Å²) in [5.41, 5.74) is 2.82. The number of aromatic nitrogens is 5. The number of nitrogens with one attached hydrogen (secondary N) is 1. The molecule has 0 radical (unpaired) electrons. The minimum absolute atomic E-state index is 0.108. The smallest absolute Gasteiger partial charge is 0.293 e. The highest BCUT2D eigenvalue weighted by molar-refractivity contribution is 5.92. The average Bonchev–Trinajstić information content (AvgIpc) is 3.20. The summed E-state index contributed by atoms with van der Waals surface area (Å²) in [4.78, 5) is 27.8. The highest BCUT2D eigenvalue weighted by atomic mass is 16.5. The summed E-state index contributed by atoms with van der Waals surface area (Å²) in [6.45, 7) is 1.45. The van der Waals surface area contributed by atoms with Crippen LogP contribution in [-0.2, 0) is 11.3 Å². The number of benzene rings is 1. The molecule has 0 fully saturated rings. The number of fused-ring (bicyclic) bond motifs is 3. The van der Waals surface area contributed by atoms with Gasteiger partial charge in [-0.25, -0.2) is 9.50 Å². The third kappa shape index (κ3) is 3.85. The van der Waals surface area contributed by atoms with Crippen LogP contribution in [0.4, 0.5) is 5.82 Å². The first-order chi connectivity index (χ1) is 14.2. The van der Waals surface area contributed by atoms with E-state index >= 15 is 0 Å². The van der Waals surface area contributed by atoms with Crippen LogP contribution in [0.15, 0.2) is 48.7 Å². The second-order valence-electron chi connectivity index (χ2n) is 6.52. The van der Waals surface area contributed by atoms with Crippen molar-refractivity contribution >= 4 is 28.4 Å². The zero-order valence-corrected chi connectivity index (χ0v) is 16.2. The van der Waals surface area contributed by atoms with Crippen LogP contribution in [0.2, 0.25) is 0 Å². The zero-order chi connectivity index (χ0) is 20.2. The topological polar surface area (TPSA) is 97.5 Å². The van der Waals surface area contributed by atoms with E-state index in [9.17, 15) is 4.79 Å². The number of anilines is 1. The summed E-state index contributed by atoms with van der Waals surface area (Å²) in [6.07, 6.45) is 1.70. The number of amides is 1. The molecule has 3 heterocycles. The van der Waals surface area contributed by atoms with Gasteiger partial charge in [0.25, 0.3) is 5.91 Å². The molecule has 9 nitrogen and oxygen atoms in total. The SMILES string of the molecule is COCCNc1nc2ccccc2n2nc(C(=O)N(C)Cc3ccccn3)nc12. The Labute approximate surface area is 167 Å². The van der Waals surface area contributed by atoms with Crippen LogP contribution in [0.3, 0.4) is 0 Å². The molecular weight excluding hydrogens is 370 g/mol. The van der Waals surface area contributed by atoms with Crippen molar-refractivity contribution in [2.24, 2.45) is 0 Å². The summed E-state index contributed by atoms with van der Waals surface area (Å²) in [5, 5.41) is 7.68. The van der Waals surface area contributed by atoms with Crippen molar-refractivity contribution in [3.63, 3.8) is 0 Å². The van der Waals surface area contributed by atoms with Crippen LogP contribution < -0.4 is 5.32 Å². The number of ether oxygens (including phenoxy) is 1. The van der Waals surface area contributed by atoms with Crippen molar-refractivity contribution in [2.75, 3.05) is 32.6 Å². The van der Waals surface area contributed by atoms with E-state index in [1.807, 2.05) is 42.5 Å². The Morgan fingerprint density at radius 1 is 1.17 bits per heavy atom. The lowest BCUT2D eigenvalue weighted by Gasteiger charge is -2.14. The second kappa shape index (κ2) is 8.19. The quantitative estimate of drug-likeness (QED) is 0.481. The monoisotopic (exact) mass is 391 g/mol. The number of methoxy groups -OCH3 is 1. The highest BCUT2D eigenvalue weighted by Crippen LogP contribution is 2.20. The molecule has 0 aliphatic rings. The summed E-state index contributed by atoms with van der Waals surface area (Å²) in [7, 11) is 3.34. The van der Waals surface area contributed by atoms with E-state index in [2.05, 4.69) is 25.4 Å². The Morgan fingerprint density at radius 2 is 2.00 bits per heavy atom. The number of hydrogen-bond donors (Lipinski definition) is 1. The lowest BCUT2D eigenvalue weighted by atomic mass is 10.3. The van der Waals surface area contributed by atoms with Gasteiger partial charge in [0.1, 0.15) is 0 Å². The van der Waals surface area contributed by atoms with Crippen LogP contribution in [0, 0.1) is 0 Å². The van der Waals surface area contributed by atoms with Gasteiger partial charge in [-0.1, -0.05) is 18.2 Å². The van der Waals surface area contributed by atoms with Gasteiger partial charge in [-0.2, -0.15) is 4.98 Å². The van der Waals surface area contributed by atoms with Crippen molar-refractivity contribution in [2.45, 2.75) is 6.54 Å². The molecule has 0 spiro atoms. The predicted octanol–water partition coefficient (Wildman–Crippen LogP) is 2.00. The van der Waals surface area contributed by atoms with E-state index in [1.54, 1.807) is 29.8 Å². The maximum absolute atomic E-state index is 12.9. The van der Waals surface area contributed by atoms with Crippen molar-refractivity contribution < 1.29 is 9.53 Å². The van der Waals surface area contributed by atoms with E-state index in [0.29, 0.717) is 31.2 Å². The maximum atomic E-state index is 12.9. The zero-order valence-electron chi connectivity index (χ0n) is 16.2. The van der Waals surface area contributed by atoms with Gasteiger partial charge in [-0.05, 0) is 24.3 Å². The molecule has 29 heavy (non-hydrogen) atoms. The van der Waals surface area contributed by atoms with Gasteiger partial charge in [0.2, 0.25) is 5.82 Å². The molecule has 4 aromatic rings. The number of rotatable bonds is 7. The molecular formula is C20H21N7O2. The average molecular weight is 391 g/mol. The fourth-order valence-corrected chi connectivity index (χ4v) is 3.00. The normalized spacial score (nSPS) is 11.1. The lowest BCUT2D eigenvalue weighted by molar-refractivity contribution is 0.0771. The number of carbonyl (C=O) groups excluding carboxylic acids is 1. The molecule has 0 saturated carbocycles. The second-order valence-corrected chi connectivity index (χ2v) is 6.52. The summed E-state index contributed by atoms with van der Waals surface area (Å²) in [6, 6.07) is 13.2. The van der Waals surface area contributed by atoms with E-state index < -0.39 is 0 Å². The molecule has 4 rings (SSSR count). The van der Waals surface area contributed by atoms with Crippen LogP contribution in [0.25, 0.3) is 16.7 Å². The van der Waals surface area contributed by atoms with E-state index in [-0.39, 0.29) is 11.7 Å². The molecule has 1 aromatic carbocycles. The molecule has 0 saturated heterocycles. The summed E-state index contributed by atoms with van der Waals surface area (Å²) < 4.78 is 6.75. The third-order valence-electron chi connectivity index (χ3n) is 4.42. The summed E-state index contributed by atoms with van der Waals surface area (Å²) >= 11 is 0. The van der Waals surface area contributed by atoms with E-state index in [1.165, 1.54) is 0 Å². The Kier molecular flexibility index (Phi) is 5.30. The minimum Gasteiger partial charge on any atom is -0.383 e. The number of pyridine rings is 1. The van der Waals surface area contributed by atoms with Crippen molar-refractivity contribution in [3.05, 3.63) is 60.2 Å². The molecule has 0 aliphatic heterocycles. The van der Waals surface area contributed by atoms with Gasteiger partial charge in [0, 0.05) is 26.9 Å². The largest absolute Gasteiger partial charge is 0.383 e. The summed E-state index contributed by atoms with van der Waals surface area (Å²) in [5.74, 6) is 0.377. The van der Waals surface area contributed by atoms with Gasteiger partial charge in [0.15, 0.2) is 11.5 Å². The maximum Gasteiger partial charge on any atom is 0.293 e. The Balaban J connectivity index is 1.70. The molecule has 0 unspecified atom stereocenters. The standard InChI is InChI=1S/C20H21N7O2/c1-26(13-14-7-5-6-10-21-14)20(28)18-24-19-17(22-11-12-29-2)23-15-8-3-4-9-16(15)27(19)25-18/h3-10H,11-13H2,1-2H3,(H,22,23). The lowest BCUT2D eigenvalue weighted by Crippen LogP contribution is -2.27. The highest BCUT2D eigenvalue weighted by Gasteiger charge is 2.21. The first-order valence-corrected chi connectivity index (χ1v) is 9.21. The molecule has 1 amide bonds. The van der Waals surface area contributed by atoms with Crippen LogP contribution in [0.1, 0.15) is 16.3 Å². The fourth-order valence-electron chi connectivity index (χ4n) is 3.00. The van der Waals surface area contributed by atoms with Crippen LogP contribution in [0.5, 0.6) is 0 Å². The molecule has 0 atom stereocenters. The first kappa shape index (κ1) is 18.8. The molecule has 3 aromatic heterocycles. The van der Waals surface area contributed by atoms with E-state index in [0.717, 1.165) is 16.7 Å². The minimum atomic E-state index is -0.286. The number of nitrogens with zero attached hydrogens (tertiary/aromatic N) is 6.